The second-order valence-corrected chi connectivity index (χ2v) is 5.50. The van der Waals surface area contributed by atoms with E-state index in [1.807, 2.05) is 0 Å². The predicted octanol–water partition coefficient (Wildman–Crippen LogP) is 0.136. The molecular formula is C7H7NO5S2. The Morgan fingerprint density at radius 1 is 1.33 bits per heavy atom. The minimum atomic E-state index is -3.62. The van der Waals surface area contributed by atoms with Gasteiger partial charge in [-0.2, -0.15) is 0 Å². The molecule has 8 heteroatoms. The van der Waals surface area contributed by atoms with Crippen LogP contribution in [-0.4, -0.2) is 31.7 Å². The molecule has 82 valence electrons. The first-order valence-corrected chi connectivity index (χ1v) is 6.35. The average molecular weight is 249 g/mol. The Morgan fingerprint density at radius 3 is 2.27 bits per heavy atom. The lowest BCUT2D eigenvalue weighted by Gasteiger charge is -1.98. The highest BCUT2D eigenvalue weighted by Gasteiger charge is 2.15. The minimum absolute atomic E-state index is 0.0198. The molecule has 1 aromatic heterocycles. The van der Waals surface area contributed by atoms with E-state index in [1.54, 1.807) is 4.72 Å². The summed E-state index contributed by atoms with van der Waals surface area (Å²) in [7, 11) is -3.62. The van der Waals surface area contributed by atoms with Crippen LogP contribution in [0.25, 0.3) is 0 Å². The molecule has 1 aromatic rings. The fraction of sp³-hybridized carbons (Fsp3) is 0.143. The zero-order valence-corrected chi connectivity index (χ0v) is 9.18. The van der Waals surface area contributed by atoms with Crippen LogP contribution in [0, 0.1) is 0 Å². The Bertz CT molecular complexity index is 501. The van der Waals surface area contributed by atoms with Crippen LogP contribution >= 0.6 is 11.3 Å². The van der Waals surface area contributed by atoms with Gasteiger partial charge in [-0.1, -0.05) is 0 Å². The van der Waals surface area contributed by atoms with Gasteiger partial charge < -0.3 is 5.11 Å². The van der Waals surface area contributed by atoms with E-state index in [2.05, 4.69) is 0 Å². The van der Waals surface area contributed by atoms with E-state index in [0.717, 1.165) is 6.26 Å². The Morgan fingerprint density at radius 2 is 1.87 bits per heavy atom. The second kappa shape index (κ2) is 3.99. The molecule has 0 spiro atoms. The Hall–Kier alpha value is -1.41. The number of carboxylic acid groups (broad SMARTS) is 1. The maximum Gasteiger partial charge on any atom is 0.345 e. The molecule has 6 nitrogen and oxygen atoms in total. The van der Waals surface area contributed by atoms with Crippen molar-refractivity contribution in [3.8, 4) is 0 Å². The summed E-state index contributed by atoms with van der Waals surface area (Å²) in [5.74, 6) is -1.98. The number of carboxylic acids is 1. The standard InChI is InChI=1S/C7H7NO5S2/c1-15(12,13)8-6(9)4-2-3-5(14-4)7(10)11/h2-3H,1H3,(H,8,9)(H,10,11). The summed E-state index contributed by atoms with van der Waals surface area (Å²) >= 11 is 0.714. The first-order valence-electron chi connectivity index (χ1n) is 3.65. The number of hydrogen-bond acceptors (Lipinski definition) is 5. The van der Waals surface area contributed by atoms with E-state index in [-0.39, 0.29) is 9.75 Å². The molecule has 2 N–H and O–H groups in total. The van der Waals surface area contributed by atoms with Crippen molar-refractivity contribution in [2.75, 3.05) is 6.26 Å². The summed E-state index contributed by atoms with van der Waals surface area (Å²) in [5.41, 5.74) is 0. The van der Waals surface area contributed by atoms with E-state index in [9.17, 15) is 18.0 Å². The topological polar surface area (TPSA) is 101 Å². The van der Waals surface area contributed by atoms with Gasteiger partial charge in [0.1, 0.15) is 4.88 Å². The summed E-state index contributed by atoms with van der Waals surface area (Å²) in [4.78, 5) is 21.7. The number of sulfonamides is 1. The van der Waals surface area contributed by atoms with Crippen molar-refractivity contribution in [2.45, 2.75) is 0 Å². The second-order valence-electron chi connectivity index (χ2n) is 2.67. The fourth-order valence-corrected chi connectivity index (χ4v) is 2.04. The van der Waals surface area contributed by atoms with Crippen LogP contribution in [0.3, 0.4) is 0 Å². The van der Waals surface area contributed by atoms with Gasteiger partial charge in [0, 0.05) is 0 Å². The molecule has 0 aromatic carbocycles. The largest absolute Gasteiger partial charge is 0.477 e. The summed E-state index contributed by atoms with van der Waals surface area (Å²) in [6.45, 7) is 0. The maximum atomic E-state index is 11.2. The van der Waals surface area contributed by atoms with Crippen molar-refractivity contribution in [1.82, 2.24) is 4.72 Å². The van der Waals surface area contributed by atoms with Gasteiger partial charge in [-0.25, -0.2) is 17.9 Å². The molecule has 0 fully saturated rings. The zero-order valence-electron chi connectivity index (χ0n) is 7.55. The molecule has 0 saturated heterocycles. The van der Waals surface area contributed by atoms with Crippen molar-refractivity contribution in [1.29, 1.82) is 0 Å². The molecule has 0 aliphatic carbocycles. The summed E-state index contributed by atoms with van der Waals surface area (Å²) in [6, 6.07) is 2.50. The van der Waals surface area contributed by atoms with Gasteiger partial charge in [-0.15, -0.1) is 11.3 Å². The van der Waals surface area contributed by atoms with Crippen LogP contribution in [0.5, 0.6) is 0 Å². The number of hydrogen-bond donors (Lipinski definition) is 2. The third kappa shape index (κ3) is 3.33. The maximum absolute atomic E-state index is 11.2. The molecule has 0 radical (unpaired) electrons. The molecule has 1 heterocycles. The normalized spacial score (nSPS) is 11.0. The van der Waals surface area contributed by atoms with Crippen LogP contribution in [0.15, 0.2) is 12.1 Å². The predicted molar refractivity (Wildman–Crippen MR) is 53.6 cm³/mol. The number of nitrogens with one attached hydrogen (secondary N) is 1. The van der Waals surface area contributed by atoms with Crippen molar-refractivity contribution >= 4 is 33.2 Å². The van der Waals surface area contributed by atoms with Gasteiger partial charge >= 0.3 is 5.97 Å². The SMILES string of the molecule is CS(=O)(=O)NC(=O)c1ccc(C(=O)O)s1. The number of amides is 1. The van der Waals surface area contributed by atoms with E-state index in [4.69, 9.17) is 5.11 Å². The van der Waals surface area contributed by atoms with E-state index in [0.29, 0.717) is 11.3 Å². The molecule has 1 amide bonds. The van der Waals surface area contributed by atoms with Crippen LogP contribution in [0.1, 0.15) is 19.3 Å². The first-order chi connectivity index (χ1) is 6.79. The highest BCUT2D eigenvalue weighted by Crippen LogP contribution is 2.16. The van der Waals surface area contributed by atoms with Crippen LogP contribution in [0.2, 0.25) is 0 Å². The molecule has 0 aliphatic rings. The number of rotatable bonds is 3. The molecule has 0 aliphatic heterocycles. The number of thiophene rings is 1. The Labute approximate surface area is 89.6 Å². The molecule has 0 bridgehead atoms. The van der Waals surface area contributed by atoms with Gasteiger partial charge in [0.2, 0.25) is 10.0 Å². The third-order valence-electron chi connectivity index (χ3n) is 1.32. The third-order valence-corrected chi connectivity index (χ3v) is 2.95. The van der Waals surface area contributed by atoms with Gasteiger partial charge in [-0.05, 0) is 12.1 Å². The average Bonchev–Trinajstić information content (AvgIpc) is 2.47. The summed E-state index contributed by atoms with van der Waals surface area (Å²) < 4.78 is 23.2. The van der Waals surface area contributed by atoms with Gasteiger partial charge in [-0.3, -0.25) is 4.79 Å². The monoisotopic (exact) mass is 249 g/mol. The Kier molecular flexibility index (Phi) is 3.10. The fourth-order valence-electron chi connectivity index (χ4n) is 0.794. The van der Waals surface area contributed by atoms with Crippen molar-refractivity contribution in [3.05, 3.63) is 21.9 Å². The lowest BCUT2D eigenvalue weighted by molar-refractivity contribution is 0.0702. The molecule has 0 saturated carbocycles. The van der Waals surface area contributed by atoms with Gasteiger partial charge in [0.15, 0.2) is 0 Å². The van der Waals surface area contributed by atoms with E-state index in [1.165, 1.54) is 12.1 Å². The quantitative estimate of drug-likeness (QED) is 0.793. The van der Waals surface area contributed by atoms with Crippen molar-refractivity contribution < 1.29 is 23.1 Å². The number of aromatic carboxylic acids is 1. The molecule has 15 heavy (non-hydrogen) atoms. The van der Waals surface area contributed by atoms with Crippen molar-refractivity contribution in [3.63, 3.8) is 0 Å². The molecule has 1 rings (SSSR count). The zero-order chi connectivity index (χ0) is 11.6. The summed E-state index contributed by atoms with van der Waals surface area (Å²) in [5, 5.41) is 8.57. The smallest absolute Gasteiger partial charge is 0.345 e. The highest BCUT2D eigenvalue weighted by molar-refractivity contribution is 7.89. The molecular weight excluding hydrogens is 242 g/mol. The van der Waals surface area contributed by atoms with E-state index < -0.39 is 21.9 Å². The van der Waals surface area contributed by atoms with E-state index >= 15 is 0 Å². The highest BCUT2D eigenvalue weighted by atomic mass is 32.2. The molecule has 0 unspecified atom stereocenters. The lowest BCUT2D eigenvalue weighted by Crippen LogP contribution is -2.28. The van der Waals surface area contributed by atoms with Crippen LogP contribution in [0.4, 0.5) is 0 Å². The minimum Gasteiger partial charge on any atom is -0.477 e. The summed E-state index contributed by atoms with van der Waals surface area (Å²) in [6.07, 6.45) is 0.844. The first kappa shape index (κ1) is 11.7. The van der Waals surface area contributed by atoms with Gasteiger partial charge in [0.25, 0.3) is 5.91 Å². The van der Waals surface area contributed by atoms with Crippen LogP contribution in [-0.2, 0) is 10.0 Å². The van der Waals surface area contributed by atoms with Crippen LogP contribution < -0.4 is 4.72 Å². The van der Waals surface area contributed by atoms with Gasteiger partial charge in [0.05, 0.1) is 11.1 Å². The Balaban J connectivity index is 2.88. The molecule has 0 atom stereocenters. The number of carbonyl (C=O) groups is 2. The van der Waals surface area contributed by atoms with Crippen molar-refractivity contribution in [2.24, 2.45) is 0 Å². The lowest BCUT2D eigenvalue weighted by atomic mass is 10.4. The number of carbonyl (C=O) groups excluding carboxylic acids is 1.